The number of aromatic nitrogens is 1. The van der Waals surface area contributed by atoms with Gasteiger partial charge in [-0.2, -0.15) is 5.26 Å². The van der Waals surface area contributed by atoms with E-state index in [1.807, 2.05) is 24.3 Å². The maximum Gasteiger partial charge on any atom is 0.227 e. The summed E-state index contributed by atoms with van der Waals surface area (Å²) >= 11 is 5.69. The zero-order valence-electron chi connectivity index (χ0n) is 15.5. The number of para-hydroxylation sites is 1. The number of amides is 1. The fourth-order valence-corrected chi connectivity index (χ4v) is 3.85. The number of nitrogens with one attached hydrogen (secondary N) is 1. The summed E-state index contributed by atoms with van der Waals surface area (Å²) in [5.74, 6) is -0.872. The Balaban J connectivity index is 1.48. The van der Waals surface area contributed by atoms with E-state index < -0.39 is 5.82 Å². The third-order valence-corrected chi connectivity index (χ3v) is 5.54. The van der Waals surface area contributed by atoms with Crippen molar-refractivity contribution in [1.82, 2.24) is 4.98 Å². The third-order valence-electron chi connectivity index (χ3n) is 5.24. The Hall–Kier alpha value is -3.17. The second-order valence-corrected chi connectivity index (χ2v) is 7.44. The van der Waals surface area contributed by atoms with Gasteiger partial charge in [-0.25, -0.2) is 4.39 Å². The first-order valence-corrected chi connectivity index (χ1v) is 9.73. The van der Waals surface area contributed by atoms with Crippen molar-refractivity contribution in [2.45, 2.75) is 12.8 Å². The summed E-state index contributed by atoms with van der Waals surface area (Å²) in [4.78, 5) is 19.1. The zero-order valence-corrected chi connectivity index (χ0v) is 16.3. The largest absolute Gasteiger partial charge is 0.370 e. The Morgan fingerprint density at radius 3 is 2.72 bits per heavy atom. The quantitative estimate of drug-likeness (QED) is 0.678. The van der Waals surface area contributed by atoms with E-state index in [2.05, 4.69) is 21.3 Å². The van der Waals surface area contributed by atoms with Crippen LogP contribution < -0.4 is 10.2 Å². The SMILES string of the molecule is N#Cc1cnc2ccccc2c1N1CCC(C(=O)Nc2ccc(Cl)c(F)c2)CC1. The van der Waals surface area contributed by atoms with Crippen LogP contribution in [0.3, 0.4) is 0 Å². The van der Waals surface area contributed by atoms with Crippen LogP contribution in [0.5, 0.6) is 0 Å². The molecule has 0 saturated carbocycles. The van der Waals surface area contributed by atoms with Gasteiger partial charge in [0.15, 0.2) is 0 Å². The number of carbonyl (C=O) groups excluding carboxylic acids is 1. The molecule has 0 radical (unpaired) electrons. The highest BCUT2D eigenvalue weighted by molar-refractivity contribution is 6.30. The number of nitriles is 1. The molecule has 0 aliphatic carbocycles. The predicted molar refractivity (Wildman–Crippen MR) is 111 cm³/mol. The molecule has 5 nitrogen and oxygen atoms in total. The van der Waals surface area contributed by atoms with Gasteiger partial charge in [-0.1, -0.05) is 29.8 Å². The molecule has 3 aromatic rings. The molecule has 0 unspecified atom stereocenters. The number of hydrogen-bond acceptors (Lipinski definition) is 4. The van der Waals surface area contributed by atoms with Crippen LogP contribution in [0.2, 0.25) is 5.02 Å². The number of piperidine rings is 1. The minimum atomic E-state index is -0.562. The fourth-order valence-electron chi connectivity index (χ4n) is 3.73. The first-order chi connectivity index (χ1) is 14.1. The summed E-state index contributed by atoms with van der Waals surface area (Å²) in [6.45, 7) is 1.30. The molecule has 0 atom stereocenters. The molecule has 7 heteroatoms. The molecule has 146 valence electrons. The summed E-state index contributed by atoms with van der Waals surface area (Å²) in [6.07, 6.45) is 2.89. The second-order valence-electron chi connectivity index (χ2n) is 7.03. The van der Waals surface area contributed by atoms with Crippen molar-refractivity contribution in [3.63, 3.8) is 0 Å². The van der Waals surface area contributed by atoms with Crippen LogP contribution in [-0.2, 0) is 4.79 Å². The molecular formula is C22H18ClFN4O. The Bertz CT molecular complexity index is 1120. The summed E-state index contributed by atoms with van der Waals surface area (Å²) in [7, 11) is 0. The molecule has 0 spiro atoms. The van der Waals surface area contributed by atoms with Crippen molar-refractivity contribution < 1.29 is 9.18 Å². The number of carbonyl (C=O) groups is 1. The standard InChI is InChI=1S/C22H18ClFN4O/c23-18-6-5-16(11-19(18)24)27-22(29)14-7-9-28(10-8-14)21-15(12-25)13-26-20-4-2-1-3-17(20)21/h1-6,11,13-14H,7-10H2,(H,27,29). The van der Waals surface area contributed by atoms with E-state index in [9.17, 15) is 14.4 Å². The monoisotopic (exact) mass is 408 g/mol. The van der Waals surface area contributed by atoms with Crippen LogP contribution >= 0.6 is 11.6 Å². The van der Waals surface area contributed by atoms with E-state index in [-0.39, 0.29) is 16.8 Å². The van der Waals surface area contributed by atoms with E-state index in [0.29, 0.717) is 37.2 Å². The Morgan fingerprint density at radius 1 is 1.24 bits per heavy atom. The number of anilines is 2. The van der Waals surface area contributed by atoms with E-state index in [1.54, 1.807) is 12.3 Å². The van der Waals surface area contributed by atoms with Gasteiger partial charge in [0.25, 0.3) is 0 Å². The van der Waals surface area contributed by atoms with Crippen LogP contribution in [0.1, 0.15) is 18.4 Å². The molecule has 1 fully saturated rings. The van der Waals surface area contributed by atoms with Gasteiger partial charge in [0.1, 0.15) is 11.9 Å². The highest BCUT2D eigenvalue weighted by atomic mass is 35.5. The number of hydrogen-bond donors (Lipinski definition) is 1. The van der Waals surface area contributed by atoms with E-state index >= 15 is 0 Å². The molecular weight excluding hydrogens is 391 g/mol. The van der Waals surface area contributed by atoms with Gasteiger partial charge < -0.3 is 10.2 Å². The maximum atomic E-state index is 13.6. The van der Waals surface area contributed by atoms with E-state index in [4.69, 9.17) is 11.6 Å². The Kier molecular flexibility index (Phi) is 5.32. The maximum absolute atomic E-state index is 13.6. The Morgan fingerprint density at radius 2 is 2.00 bits per heavy atom. The molecule has 1 aliphatic rings. The highest BCUT2D eigenvalue weighted by Crippen LogP contribution is 2.32. The van der Waals surface area contributed by atoms with Crippen molar-refractivity contribution in [2.75, 3.05) is 23.3 Å². The molecule has 0 bridgehead atoms. The Labute approximate surface area is 172 Å². The summed E-state index contributed by atoms with van der Waals surface area (Å²) in [6, 6.07) is 14.2. The molecule has 4 rings (SSSR count). The number of benzene rings is 2. The minimum absolute atomic E-state index is 0.0224. The predicted octanol–water partition coefficient (Wildman–Crippen LogP) is 4.75. The second kappa shape index (κ2) is 8.06. The lowest BCUT2D eigenvalue weighted by atomic mass is 9.94. The smallest absolute Gasteiger partial charge is 0.227 e. The molecule has 2 aromatic carbocycles. The average molecular weight is 409 g/mol. The fraction of sp³-hybridized carbons (Fsp3) is 0.227. The van der Waals surface area contributed by atoms with Gasteiger partial charge in [0, 0.05) is 36.3 Å². The number of rotatable bonds is 3. The molecule has 1 amide bonds. The summed E-state index contributed by atoms with van der Waals surface area (Å²) < 4.78 is 13.6. The molecule has 2 heterocycles. The molecule has 1 aliphatic heterocycles. The van der Waals surface area contributed by atoms with Crippen LogP contribution in [0.25, 0.3) is 10.9 Å². The van der Waals surface area contributed by atoms with E-state index in [1.165, 1.54) is 12.1 Å². The summed E-state index contributed by atoms with van der Waals surface area (Å²) in [5, 5.41) is 13.3. The van der Waals surface area contributed by atoms with Crippen LogP contribution in [0.4, 0.5) is 15.8 Å². The van der Waals surface area contributed by atoms with Crippen molar-refractivity contribution >= 4 is 39.8 Å². The van der Waals surface area contributed by atoms with E-state index in [0.717, 1.165) is 16.6 Å². The van der Waals surface area contributed by atoms with Gasteiger partial charge in [-0.05, 0) is 37.1 Å². The number of halogens is 2. The van der Waals surface area contributed by atoms with Gasteiger partial charge >= 0.3 is 0 Å². The zero-order chi connectivity index (χ0) is 20.4. The molecule has 1 aromatic heterocycles. The third kappa shape index (κ3) is 3.87. The molecule has 29 heavy (non-hydrogen) atoms. The number of fused-ring (bicyclic) bond motifs is 1. The summed E-state index contributed by atoms with van der Waals surface area (Å²) in [5.41, 5.74) is 2.64. The lowest BCUT2D eigenvalue weighted by Crippen LogP contribution is -2.38. The number of pyridine rings is 1. The van der Waals surface area contributed by atoms with Crippen LogP contribution in [-0.4, -0.2) is 24.0 Å². The van der Waals surface area contributed by atoms with Gasteiger partial charge in [-0.15, -0.1) is 0 Å². The highest BCUT2D eigenvalue weighted by Gasteiger charge is 2.27. The van der Waals surface area contributed by atoms with Gasteiger partial charge in [-0.3, -0.25) is 9.78 Å². The number of nitrogens with zero attached hydrogens (tertiary/aromatic N) is 3. The molecule has 1 N–H and O–H groups in total. The topological polar surface area (TPSA) is 69.0 Å². The lowest BCUT2D eigenvalue weighted by Gasteiger charge is -2.34. The normalized spacial score (nSPS) is 14.6. The first-order valence-electron chi connectivity index (χ1n) is 9.35. The minimum Gasteiger partial charge on any atom is -0.370 e. The molecule has 1 saturated heterocycles. The van der Waals surface area contributed by atoms with Gasteiger partial charge in [0.05, 0.1) is 21.8 Å². The van der Waals surface area contributed by atoms with Crippen molar-refractivity contribution in [1.29, 1.82) is 5.26 Å². The van der Waals surface area contributed by atoms with Crippen molar-refractivity contribution in [3.8, 4) is 6.07 Å². The lowest BCUT2D eigenvalue weighted by molar-refractivity contribution is -0.120. The van der Waals surface area contributed by atoms with Crippen molar-refractivity contribution in [3.05, 3.63) is 65.1 Å². The first kappa shape index (κ1) is 19.2. The van der Waals surface area contributed by atoms with Crippen molar-refractivity contribution in [2.24, 2.45) is 5.92 Å². The van der Waals surface area contributed by atoms with Crippen LogP contribution in [0, 0.1) is 23.1 Å². The van der Waals surface area contributed by atoms with Crippen LogP contribution in [0.15, 0.2) is 48.7 Å². The van der Waals surface area contributed by atoms with Gasteiger partial charge in [0.2, 0.25) is 5.91 Å². The average Bonchev–Trinajstić information content (AvgIpc) is 2.75.